The minimum atomic E-state index is -0.820. The van der Waals surface area contributed by atoms with Crippen molar-refractivity contribution in [2.24, 2.45) is 0 Å². The van der Waals surface area contributed by atoms with Gasteiger partial charge in [0.1, 0.15) is 5.60 Å². The molecule has 3 heterocycles. The number of piperidine rings is 1. The van der Waals surface area contributed by atoms with E-state index in [2.05, 4.69) is 20.3 Å². The number of aryl methyl sites for hydroxylation is 1. The van der Waals surface area contributed by atoms with Crippen LogP contribution < -0.4 is 4.90 Å². The van der Waals surface area contributed by atoms with E-state index in [1.54, 1.807) is 23.3 Å². The summed E-state index contributed by atoms with van der Waals surface area (Å²) in [7, 11) is 0. The summed E-state index contributed by atoms with van der Waals surface area (Å²) < 4.78 is 1.67. The summed E-state index contributed by atoms with van der Waals surface area (Å²) in [6, 6.07) is 1.87. The van der Waals surface area contributed by atoms with Crippen LogP contribution in [-0.2, 0) is 6.54 Å². The van der Waals surface area contributed by atoms with E-state index in [0.29, 0.717) is 19.0 Å². The molecular weight excluding hydrogens is 256 g/mol. The first-order valence-electron chi connectivity index (χ1n) is 6.76. The predicted octanol–water partition coefficient (Wildman–Crippen LogP) is 0.408. The lowest BCUT2D eigenvalue weighted by Crippen LogP contribution is -2.51. The molecule has 0 aromatic carbocycles. The Morgan fingerprint density at radius 3 is 3.05 bits per heavy atom. The molecule has 1 N–H and O–H groups in total. The summed E-state index contributed by atoms with van der Waals surface area (Å²) in [5, 5.41) is 18.5. The molecular formula is C13H18N6O. The second-order valence-corrected chi connectivity index (χ2v) is 5.35. The maximum atomic E-state index is 10.8. The van der Waals surface area contributed by atoms with Crippen molar-refractivity contribution in [3.63, 3.8) is 0 Å². The Morgan fingerprint density at radius 2 is 2.30 bits per heavy atom. The van der Waals surface area contributed by atoms with Crippen molar-refractivity contribution in [2.75, 3.05) is 18.0 Å². The maximum Gasteiger partial charge on any atom is 0.225 e. The summed E-state index contributed by atoms with van der Waals surface area (Å²) in [5.41, 5.74) is 0.111. The molecule has 0 amide bonds. The van der Waals surface area contributed by atoms with E-state index >= 15 is 0 Å². The van der Waals surface area contributed by atoms with Crippen LogP contribution in [0.3, 0.4) is 0 Å². The van der Waals surface area contributed by atoms with Gasteiger partial charge in [-0.3, -0.25) is 0 Å². The highest BCUT2D eigenvalue weighted by molar-refractivity contribution is 5.32. The van der Waals surface area contributed by atoms with E-state index < -0.39 is 5.60 Å². The van der Waals surface area contributed by atoms with E-state index in [-0.39, 0.29) is 0 Å². The van der Waals surface area contributed by atoms with E-state index in [1.807, 2.05) is 17.9 Å². The minimum absolute atomic E-state index is 0.440. The number of anilines is 1. The number of aliphatic hydroxyl groups is 1. The van der Waals surface area contributed by atoms with Gasteiger partial charge in [-0.05, 0) is 25.8 Å². The molecule has 2 aromatic heterocycles. The summed E-state index contributed by atoms with van der Waals surface area (Å²) in [4.78, 5) is 10.8. The summed E-state index contributed by atoms with van der Waals surface area (Å²) in [5.74, 6) is 0.682. The van der Waals surface area contributed by atoms with Gasteiger partial charge in [0.2, 0.25) is 5.95 Å². The molecule has 0 saturated carbocycles. The molecule has 1 fully saturated rings. The molecule has 0 spiro atoms. The molecule has 0 radical (unpaired) electrons. The molecule has 7 heteroatoms. The molecule has 2 aromatic rings. The molecule has 106 valence electrons. The fourth-order valence-corrected chi connectivity index (χ4v) is 2.62. The van der Waals surface area contributed by atoms with Crippen LogP contribution in [0.15, 0.2) is 24.7 Å². The SMILES string of the molecule is Cc1ccnc(N2CCCC(O)(Cn3ccnn3)C2)n1. The topological polar surface area (TPSA) is 80.0 Å². The Balaban J connectivity index is 1.75. The van der Waals surface area contributed by atoms with Gasteiger partial charge in [0.25, 0.3) is 0 Å². The van der Waals surface area contributed by atoms with Crippen LogP contribution in [0.25, 0.3) is 0 Å². The smallest absolute Gasteiger partial charge is 0.225 e. The van der Waals surface area contributed by atoms with Gasteiger partial charge < -0.3 is 10.0 Å². The van der Waals surface area contributed by atoms with Gasteiger partial charge in [-0.1, -0.05) is 5.21 Å². The fourth-order valence-electron chi connectivity index (χ4n) is 2.62. The highest BCUT2D eigenvalue weighted by Gasteiger charge is 2.35. The molecule has 1 atom stereocenters. The molecule has 0 aliphatic carbocycles. The first-order chi connectivity index (χ1) is 9.65. The van der Waals surface area contributed by atoms with Crippen molar-refractivity contribution in [1.82, 2.24) is 25.0 Å². The zero-order chi connectivity index (χ0) is 14.0. The number of rotatable bonds is 3. The zero-order valence-electron chi connectivity index (χ0n) is 11.5. The van der Waals surface area contributed by atoms with Gasteiger partial charge in [0.15, 0.2) is 0 Å². The number of β-amino-alcohol motifs (C(OH)–C–C–N with tert-alkyl or cyclic N) is 1. The largest absolute Gasteiger partial charge is 0.386 e. The van der Waals surface area contributed by atoms with Crippen LogP contribution in [0.5, 0.6) is 0 Å². The van der Waals surface area contributed by atoms with E-state index in [4.69, 9.17) is 0 Å². The lowest BCUT2D eigenvalue weighted by Gasteiger charge is -2.39. The van der Waals surface area contributed by atoms with Crippen LogP contribution in [0.4, 0.5) is 5.95 Å². The molecule has 7 nitrogen and oxygen atoms in total. The Hall–Kier alpha value is -2.02. The van der Waals surface area contributed by atoms with Crippen LogP contribution in [-0.4, -0.2) is 48.8 Å². The lowest BCUT2D eigenvalue weighted by molar-refractivity contribution is 0.00564. The van der Waals surface area contributed by atoms with Gasteiger partial charge >= 0.3 is 0 Å². The molecule has 1 aliphatic rings. The van der Waals surface area contributed by atoms with Crippen molar-refractivity contribution in [3.05, 3.63) is 30.4 Å². The highest BCUT2D eigenvalue weighted by Crippen LogP contribution is 2.25. The van der Waals surface area contributed by atoms with Crippen LogP contribution in [0, 0.1) is 6.92 Å². The van der Waals surface area contributed by atoms with Gasteiger partial charge in [0.05, 0.1) is 19.3 Å². The summed E-state index contributed by atoms with van der Waals surface area (Å²) in [6.45, 7) is 3.76. The Labute approximate surface area is 117 Å². The number of aromatic nitrogens is 5. The second kappa shape index (κ2) is 5.16. The van der Waals surface area contributed by atoms with Crippen molar-refractivity contribution >= 4 is 5.95 Å². The van der Waals surface area contributed by atoms with Gasteiger partial charge in [-0.2, -0.15) is 0 Å². The molecule has 0 bridgehead atoms. The van der Waals surface area contributed by atoms with Crippen molar-refractivity contribution in [2.45, 2.75) is 31.9 Å². The maximum absolute atomic E-state index is 10.8. The fraction of sp³-hybridized carbons (Fsp3) is 0.538. The third-order valence-electron chi connectivity index (χ3n) is 3.55. The van der Waals surface area contributed by atoms with E-state index in [0.717, 1.165) is 25.1 Å². The highest BCUT2D eigenvalue weighted by atomic mass is 16.3. The number of nitrogens with zero attached hydrogens (tertiary/aromatic N) is 6. The summed E-state index contributed by atoms with van der Waals surface area (Å²) in [6.07, 6.45) is 6.79. The molecule has 1 saturated heterocycles. The Morgan fingerprint density at radius 1 is 1.40 bits per heavy atom. The van der Waals surface area contributed by atoms with Crippen molar-refractivity contribution in [1.29, 1.82) is 0 Å². The van der Waals surface area contributed by atoms with Gasteiger partial charge in [-0.25, -0.2) is 14.6 Å². The normalized spacial score (nSPS) is 23.0. The van der Waals surface area contributed by atoms with Crippen LogP contribution in [0.2, 0.25) is 0 Å². The standard InChI is InChI=1S/C13H18N6O/c1-11-3-5-14-12(16-11)18-7-2-4-13(20,9-18)10-19-8-6-15-17-19/h3,5-6,8,20H,2,4,7,9-10H2,1H3. The Kier molecular flexibility index (Phi) is 3.35. The monoisotopic (exact) mass is 274 g/mol. The van der Waals surface area contributed by atoms with Crippen molar-refractivity contribution < 1.29 is 5.11 Å². The average Bonchev–Trinajstić information content (AvgIpc) is 2.91. The first kappa shape index (κ1) is 13.0. The quantitative estimate of drug-likeness (QED) is 0.873. The zero-order valence-corrected chi connectivity index (χ0v) is 11.5. The minimum Gasteiger partial charge on any atom is -0.386 e. The van der Waals surface area contributed by atoms with E-state index in [1.165, 1.54) is 0 Å². The van der Waals surface area contributed by atoms with Gasteiger partial charge in [0, 0.05) is 24.6 Å². The van der Waals surface area contributed by atoms with Crippen LogP contribution in [0.1, 0.15) is 18.5 Å². The lowest BCUT2D eigenvalue weighted by atomic mass is 9.93. The number of hydrogen-bond acceptors (Lipinski definition) is 6. The molecule has 1 unspecified atom stereocenters. The third-order valence-corrected chi connectivity index (χ3v) is 3.55. The Bertz CT molecular complexity index is 572. The number of hydrogen-bond donors (Lipinski definition) is 1. The molecule has 20 heavy (non-hydrogen) atoms. The van der Waals surface area contributed by atoms with Crippen molar-refractivity contribution in [3.8, 4) is 0 Å². The average molecular weight is 274 g/mol. The van der Waals surface area contributed by atoms with Crippen LogP contribution >= 0.6 is 0 Å². The first-order valence-corrected chi connectivity index (χ1v) is 6.76. The summed E-state index contributed by atoms with van der Waals surface area (Å²) >= 11 is 0. The van der Waals surface area contributed by atoms with E-state index in [9.17, 15) is 5.11 Å². The third kappa shape index (κ3) is 2.77. The molecule has 1 aliphatic heterocycles. The molecule has 3 rings (SSSR count). The second-order valence-electron chi connectivity index (χ2n) is 5.35. The van der Waals surface area contributed by atoms with Gasteiger partial charge in [-0.15, -0.1) is 5.10 Å². The predicted molar refractivity (Wildman–Crippen MR) is 73.2 cm³/mol.